The Morgan fingerprint density at radius 3 is 2.67 bits per heavy atom. The van der Waals surface area contributed by atoms with E-state index in [-0.39, 0.29) is 4.90 Å². The predicted octanol–water partition coefficient (Wildman–Crippen LogP) is 2.51. The Morgan fingerprint density at radius 2 is 2.00 bits per heavy atom. The zero-order valence-corrected chi connectivity index (χ0v) is 14.3. The summed E-state index contributed by atoms with van der Waals surface area (Å²) in [6, 6.07) is 4.74. The quantitative estimate of drug-likeness (QED) is 0.453. The van der Waals surface area contributed by atoms with E-state index in [0.29, 0.717) is 17.9 Å². The first-order valence-electron chi connectivity index (χ1n) is 7.13. The van der Waals surface area contributed by atoms with Gasteiger partial charge in [0.1, 0.15) is 0 Å². The first-order valence-corrected chi connectivity index (χ1v) is 10.0. The van der Waals surface area contributed by atoms with Crippen molar-refractivity contribution < 1.29 is 8.42 Å². The second-order valence-corrected chi connectivity index (χ2v) is 7.48. The number of hydrogen-bond donors (Lipinski definition) is 3. The minimum absolute atomic E-state index is 0.239. The maximum absolute atomic E-state index is 12.0. The van der Waals surface area contributed by atoms with Crippen molar-refractivity contribution >= 4 is 33.2 Å². The summed E-state index contributed by atoms with van der Waals surface area (Å²) < 4.78 is 26.4. The third-order valence-electron chi connectivity index (χ3n) is 3.01. The molecule has 0 fully saturated rings. The molecule has 0 amide bonds. The first kappa shape index (κ1) is 18.1. The highest BCUT2D eigenvalue weighted by Gasteiger charge is 2.14. The smallest absolute Gasteiger partial charge is 0.240 e. The lowest BCUT2D eigenvalue weighted by molar-refractivity contribution is 0.584. The van der Waals surface area contributed by atoms with Crippen LogP contribution in [0.2, 0.25) is 0 Å². The molecule has 5 nitrogen and oxygen atoms in total. The van der Waals surface area contributed by atoms with Crippen LogP contribution in [0.1, 0.15) is 26.2 Å². The molecule has 0 saturated heterocycles. The third kappa shape index (κ3) is 6.15. The van der Waals surface area contributed by atoms with Gasteiger partial charge in [0.2, 0.25) is 10.0 Å². The fraction of sp³-hybridized carbons (Fsp3) is 0.571. The van der Waals surface area contributed by atoms with Crippen LogP contribution in [0.4, 0.5) is 11.4 Å². The number of nitrogens with two attached hydrogens (primary N) is 1. The molecule has 0 heterocycles. The Labute approximate surface area is 132 Å². The largest absolute Gasteiger partial charge is 0.397 e. The van der Waals surface area contributed by atoms with E-state index in [2.05, 4.69) is 16.3 Å². The maximum Gasteiger partial charge on any atom is 0.240 e. The van der Waals surface area contributed by atoms with E-state index >= 15 is 0 Å². The predicted molar refractivity (Wildman–Crippen MR) is 92.4 cm³/mol. The molecule has 0 aliphatic heterocycles. The molecule has 1 rings (SSSR count). The third-order valence-corrected chi connectivity index (χ3v) is 5.25. The number of nitrogens with one attached hydrogen (secondary N) is 2. The van der Waals surface area contributed by atoms with E-state index in [4.69, 9.17) is 5.73 Å². The number of nitrogen functional groups attached to an aromatic ring is 1. The van der Waals surface area contributed by atoms with Crippen LogP contribution in [0.15, 0.2) is 23.1 Å². The summed E-state index contributed by atoms with van der Waals surface area (Å²) >= 11 is 1.85. The molecule has 0 saturated carbocycles. The van der Waals surface area contributed by atoms with Gasteiger partial charge in [0.05, 0.1) is 16.3 Å². The molecule has 120 valence electrons. The van der Waals surface area contributed by atoms with E-state index in [9.17, 15) is 8.42 Å². The van der Waals surface area contributed by atoms with Gasteiger partial charge in [-0.1, -0.05) is 13.3 Å². The second kappa shape index (κ2) is 9.17. The van der Waals surface area contributed by atoms with Crippen LogP contribution in [0.3, 0.4) is 0 Å². The Kier molecular flexibility index (Phi) is 7.92. The molecule has 1 aromatic rings. The number of unbranched alkanes of at least 4 members (excludes halogenated alkanes) is 2. The lowest BCUT2D eigenvalue weighted by atomic mass is 10.2. The molecule has 0 aliphatic carbocycles. The molecular weight excluding hydrogens is 306 g/mol. The van der Waals surface area contributed by atoms with E-state index < -0.39 is 10.0 Å². The number of benzene rings is 1. The zero-order valence-electron chi connectivity index (χ0n) is 12.7. The number of sulfonamides is 1. The summed E-state index contributed by atoms with van der Waals surface area (Å²) in [6.45, 7) is 2.91. The van der Waals surface area contributed by atoms with Crippen molar-refractivity contribution in [2.45, 2.75) is 31.1 Å². The Hall–Kier alpha value is -0.920. The van der Waals surface area contributed by atoms with Crippen molar-refractivity contribution in [2.75, 3.05) is 36.1 Å². The Morgan fingerprint density at radius 1 is 1.24 bits per heavy atom. The molecule has 21 heavy (non-hydrogen) atoms. The van der Waals surface area contributed by atoms with Gasteiger partial charge >= 0.3 is 0 Å². The van der Waals surface area contributed by atoms with Crippen LogP contribution in [0, 0.1) is 0 Å². The SMILES string of the molecule is CCNS(=O)(=O)c1ccc(N)c(NCCCCCSC)c1. The summed E-state index contributed by atoms with van der Waals surface area (Å²) in [4.78, 5) is 0.239. The number of anilines is 2. The normalized spacial score (nSPS) is 11.5. The number of thioether (sulfide) groups is 1. The van der Waals surface area contributed by atoms with Gasteiger partial charge in [-0.15, -0.1) is 0 Å². The van der Waals surface area contributed by atoms with Crippen molar-refractivity contribution in [3.05, 3.63) is 18.2 Å². The van der Waals surface area contributed by atoms with Crippen molar-refractivity contribution in [3.8, 4) is 0 Å². The maximum atomic E-state index is 12.0. The second-order valence-electron chi connectivity index (χ2n) is 4.73. The molecule has 1 aromatic carbocycles. The summed E-state index contributed by atoms with van der Waals surface area (Å²) in [5.74, 6) is 1.18. The molecule has 0 spiro atoms. The van der Waals surface area contributed by atoms with E-state index in [1.54, 1.807) is 19.1 Å². The summed E-state index contributed by atoms with van der Waals surface area (Å²) in [5, 5.41) is 3.22. The van der Waals surface area contributed by atoms with Crippen molar-refractivity contribution in [1.29, 1.82) is 0 Å². The standard InChI is InChI=1S/C14H25N3O2S2/c1-3-17-21(18,19)12-7-8-13(15)14(11-12)16-9-5-4-6-10-20-2/h7-8,11,16-17H,3-6,9-10,15H2,1-2H3. The molecule has 0 bridgehead atoms. The molecule has 0 aromatic heterocycles. The lowest BCUT2D eigenvalue weighted by Gasteiger charge is -2.12. The van der Waals surface area contributed by atoms with E-state index in [0.717, 1.165) is 19.4 Å². The highest BCUT2D eigenvalue weighted by atomic mass is 32.2. The van der Waals surface area contributed by atoms with Crippen molar-refractivity contribution in [1.82, 2.24) is 4.72 Å². The summed E-state index contributed by atoms with van der Waals surface area (Å²) in [7, 11) is -3.44. The van der Waals surface area contributed by atoms with Gasteiger partial charge in [-0.25, -0.2) is 13.1 Å². The zero-order chi connectivity index (χ0) is 15.7. The van der Waals surface area contributed by atoms with Crippen LogP contribution in [-0.2, 0) is 10.0 Å². The van der Waals surface area contributed by atoms with Crippen molar-refractivity contribution in [2.24, 2.45) is 0 Å². The Bertz CT molecular complexity index is 533. The van der Waals surface area contributed by atoms with E-state index in [1.165, 1.54) is 18.2 Å². The van der Waals surface area contributed by atoms with Gasteiger partial charge in [-0.2, -0.15) is 11.8 Å². The fourth-order valence-corrected chi connectivity index (χ4v) is 3.46. The topological polar surface area (TPSA) is 84.2 Å². The van der Waals surface area contributed by atoms with Crippen molar-refractivity contribution in [3.63, 3.8) is 0 Å². The molecule has 4 N–H and O–H groups in total. The summed E-state index contributed by atoms with van der Waals surface area (Å²) in [6.07, 6.45) is 5.51. The number of hydrogen-bond acceptors (Lipinski definition) is 5. The van der Waals surface area contributed by atoms with Crippen LogP contribution in [0.5, 0.6) is 0 Å². The van der Waals surface area contributed by atoms with Crippen LogP contribution in [0.25, 0.3) is 0 Å². The van der Waals surface area contributed by atoms with Gasteiger partial charge in [0.15, 0.2) is 0 Å². The van der Waals surface area contributed by atoms with Gasteiger partial charge in [0, 0.05) is 13.1 Å². The minimum Gasteiger partial charge on any atom is -0.397 e. The molecule has 7 heteroatoms. The van der Waals surface area contributed by atoms with Crippen LogP contribution < -0.4 is 15.8 Å². The fourth-order valence-electron chi connectivity index (χ4n) is 1.90. The average Bonchev–Trinajstić information content (AvgIpc) is 2.44. The molecule has 0 unspecified atom stereocenters. The van der Waals surface area contributed by atoms with Gasteiger partial charge in [-0.05, 0) is 43.0 Å². The highest BCUT2D eigenvalue weighted by Crippen LogP contribution is 2.22. The van der Waals surface area contributed by atoms with Gasteiger partial charge in [-0.3, -0.25) is 0 Å². The molecular formula is C14H25N3O2S2. The lowest BCUT2D eigenvalue weighted by Crippen LogP contribution is -2.23. The number of rotatable bonds is 10. The first-order chi connectivity index (χ1) is 10.0. The minimum atomic E-state index is -3.44. The monoisotopic (exact) mass is 331 g/mol. The van der Waals surface area contributed by atoms with Crippen LogP contribution in [-0.4, -0.2) is 33.5 Å². The van der Waals surface area contributed by atoms with Gasteiger partial charge in [0.25, 0.3) is 0 Å². The molecule has 0 atom stereocenters. The average molecular weight is 332 g/mol. The Balaban J connectivity index is 2.62. The molecule has 0 aliphatic rings. The highest BCUT2D eigenvalue weighted by molar-refractivity contribution is 7.98. The van der Waals surface area contributed by atoms with E-state index in [1.807, 2.05) is 11.8 Å². The van der Waals surface area contributed by atoms with Gasteiger partial charge < -0.3 is 11.1 Å². The van der Waals surface area contributed by atoms with Crippen LogP contribution >= 0.6 is 11.8 Å². The summed E-state index contributed by atoms with van der Waals surface area (Å²) in [5.41, 5.74) is 7.13. The molecule has 0 radical (unpaired) electrons.